The molecule has 0 bridgehead atoms. The van der Waals surface area contributed by atoms with Gasteiger partial charge in [0, 0.05) is 49.9 Å². The van der Waals surface area contributed by atoms with Gasteiger partial charge in [0.1, 0.15) is 6.10 Å². The Labute approximate surface area is 148 Å². The number of aromatic nitrogens is 2. The first-order valence-electron chi connectivity index (χ1n) is 8.94. The van der Waals surface area contributed by atoms with Crippen LogP contribution in [0, 0.1) is 0 Å². The molecule has 5 nitrogen and oxygen atoms in total. The Kier molecular flexibility index (Phi) is 3.96. The van der Waals surface area contributed by atoms with E-state index in [1.54, 1.807) is 11.7 Å². The van der Waals surface area contributed by atoms with Crippen molar-refractivity contribution in [1.29, 1.82) is 0 Å². The predicted octanol–water partition coefficient (Wildman–Crippen LogP) is 4.55. The number of nitrogens with zero attached hydrogens (tertiary/aromatic N) is 2. The molecule has 9 heteroatoms. The van der Waals surface area contributed by atoms with E-state index in [1.807, 2.05) is 0 Å². The van der Waals surface area contributed by atoms with Gasteiger partial charge in [-0.25, -0.2) is 22.4 Å². The summed E-state index contributed by atoms with van der Waals surface area (Å²) in [4.78, 5) is 12.0. The van der Waals surface area contributed by atoms with Crippen molar-refractivity contribution in [3.63, 3.8) is 0 Å². The lowest BCUT2D eigenvalue weighted by Gasteiger charge is -2.37. The largest absolute Gasteiger partial charge is 0.445 e. The summed E-state index contributed by atoms with van der Waals surface area (Å²) in [5, 5.41) is 6.84. The Hall–Kier alpha value is -1.80. The zero-order chi connectivity index (χ0) is 18.7. The van der Waals surface area contributed by atoms with Crippen LogP contribution in [0.2, 0.25) is 0 Å². The van der Waals surface area contributed by atoms with Crippen molar-refractivity contribution in [2.24, 2.45) is 7.05 Å². The van der Waals surface area contributed by atoms with Crippen molar-refractivity contribution in [2.75, 3.05) is 5.32 Å². The van der Waals surface area contributed by atoms with Crippen molar-refractivity contribution in [2.45, 2.75) is 74.7 Å². The summed E-state index contributed by atoms with van der Waals surface area (Å²) in [6, 6.07) is 0. The van der Waals surface area contributed by atoms with Crippen molar-refractivity contribution in [3.05, 3.63) is 11.3 Å². The molecule has 26 heavy (non-hydrogen) atoms. The SMILES string of the molecule is Cn1nc(NC(=O)OC2CC(F)(F)C2)c(C2CCC2)c1C1CC(F)(F)C1. The van der Waals surface area contributed by atoms with Gasteiger partial charge in [-0.05, 0) is 18.8 Å². The minimum absolute atomic E-state index is 0.177. The highest BCUT2D eigenvalue weighted by Gasteiger charge is 2.49. The second-order valence-corrected chi connectivity index (χ2v) is 7.78. The average Bonchev–Trinajstić information content (AvgIpc) is 2.68. The van der Waals surface area contributed by atoms with Gasteiger partial charge in [-0.15, -0.1) is 0 Å². The molecule has 0 atom stereocenters. The van der Waals surface area contributed by atoms with Crippen LogP contribution in [0.5, 0.6) is 0 Å². The van der Waals surface area contributed by atoms with E-state index in [4.69, 9.17) is 4.74 Å². The number of hydrogen-bond donors (Lipinski definition) is 1. The molecule has 3 aliphatic rings. The Bertz CT molecular complexity index is 714. The molecule has 4 rings (SSSR count). The molecular weight excluding hydrogens is 354 g/mol. The van der Waals surface area contributed by atoms with Gasteiger partial charge in [-0.3, -0.25) is 10.00 Å². The van der Waals surface area contributed by atoms with Crippen LogP contribution in [0.15, 0.2) is 0 Å². The number of rotatable bonds is 4. The molecule has 3 fully saturated rings. The van der Waals surface area contributed by atoms with E-state index in [0.717, 1.165) is 30.5 Å². The van der Waals surface area contributed by atoms with Crippen LogP contribution >= 0.6 is 0 Å². The summed E-state index contributed by atoms with van der Waals surface area (Å²) in [6.45, 7) is 0. The Morgan fingerprint density at radius 3 is 2.23 bits per heavy atom. The smallest absolute Gasteiger partial charge is 0.413 e. The maximum atomic E-state index is 13.3. The molecule has 0 saturated heterocycles. The van der Waals surface area contributed by atoms with E-state index in [-0.39, 0.29) is 24.7 Å². The van der Waals surface area contributed by atoms with Crippen LogP contribution in [-0.2, 0) is 11.8 Å². The van der Waals surface area contributed by atoms with Gasteiger partial charge in [0.15, 0.2) is 5.82 Å². The number of aryl methyl sites for hydroxylation is 1. The maximum absolute atomic E-state index is 13.3. The molecule has 0 spiro atoms. The second kappa shape index (κ2) is 5.85. The summed E-state index contributed by atoms with van der Waals surface area (Å²) in [5.41, 5.74) is 1.54. The molecule has 3 aliphatic carbocycles. The highest BCUT2D eigenvalue weighted by molar-refractivity contribution is 5.85. The number of alkyl halides is 4. The van der Waals surface area contributed by atoms with Gasteiger partial charge in [-0.1, -0.05) is 6.42 Å². The number of halogens is 4. The van der Waals surface area contributed by atoms with Crippen molar-refractivity contribution >= 4 is 11.9 Å². The summed E-state index contributed by atoms with van der Waals surface area (Å²) in [6.07, 6.45) is -0.121. The van der Waals surface area contributed by atoms with Crippen molar-refractivity contribution in [1.82, 2.24) is 9.78 Å². The fourth-order valence-corrected chi connectivity index (χ4v) is 4.05. The third-order valence-electron chi connectivity index (χ3n) is 5.67. The molecule has 1 amide bonds. The first-order valence-corrected chi connectivity index (χ1v) is 8.94. The Morgan fingerprint density at radius 1 is 1.12 bits per heavy atom. The van der Waals surface area contributed by atoms with Crippen LogP contribution in [0.1, 0.15) is 68.0 Å². The molecule has 0 radical (unpaired) electrons. The minimum Gasteiger partial charge on any atom is -0.445 e. The Morgan fingerprint density at radius 2 is 1.73 bits per heavy atom. The lowest BCUT2D eigenvalue weighted by atomic mass is 9.72. The number of carbonyl (C=O) groups excluding carboxylic acids is 1. The molecular formula is C17H21F4N3O2. The van der Waals surface area contributed by atoms with Gasteiger partial charge in [0.05, 0.1) is 0 Å². The first-order chi connectivity index (χ1) is 12.1. The summed E-state index contributed by atoms with van der Waals surface area (Å²) >= 11 is 0. The lowest BCUT2D eigenvalue weighted by Crippen LogP contribution is -2.43. The van der Waals surface area contributed by atoms with Gasteiger partial charge >= 0.3 is 6.09 Å². The highest BCUT2D eigenvalue weighted by Crippen LogP contribution is 2.52. The highest BCUT2D eigenvalue weighted by atomic mass is 19.3. The zero-order valence-electron chi connectivity index (χ0n) is 14.4. The van der Waals surface area contributed by atoms with Crippen LogP contribution in [0.3, 0.4) is 0 Å². The van der Waals surface area contributed by atoms with Crippen LogP contribution < -0.4 is 5.32 Å². The molecule has 1 N–H and O–H groups in total. The molecule has 0 aliphatic heterocycles. The third kappa shape index (κ3) is 3.16. The molecule has 3 saturated carbocycles. The lowest BCUT2D eigenvalue weighted by molar-refractivity contribution is -0.142. The number of nitrogens with one attached hydrogen (secondary N) is 1. The van der Waals surface area contributed by atoms with Gasteiger partial charge < -0.3 is 4.74 Å². The van der Waals surface area contributed by atoms with Crippen LogP contribution in [-0.4, -0.2) is 33.8 Å². The van der Waals surface area contributed by atoms with E-state index in [0.29, 0.717) is 5.82 Å². The number of carbonyl (C=O) groups is 1. The first kappa shape index (κ1) is 17.6. The van der Waals surface area contributed by atoms with E-state index in [1.165, 1.54) is 0 Å². The van der Waals surface area contributed by atoms with E-state index in [2.05, 4.69) is 10.4 Å². The van der Waals surface area contributed by atoms with Crippen LogP contribution in [0.25, 0.3) is 0 Å². The normalized spacial score (nSPS) is 25.1. The van der Waals surface area contributed by atoms with E-state index >= 15 is 0 Å². The fraction of sp³-hybridized carbons (Fsp3) is 0.765. The average molecular weight is 375 g/mol. The summed E-state index contributed by atoms with van der Waals surface area (Å²) in [7, 11) is 1.68. The second-order valence-electron chi connectivity index (χ2n) is 7.78. The van der Waals surface area contributed by atoms with Gasteiger partial charge in [-0.2, -0.15) is 5.10 Å². The van der Waals surface area contributed by atoms with Crippen molar-refractivity contribution < 1.29 is 27.1 Å². The number of hydrogen-bond acceptors (Lipinski definition) is 3. The number of ether oxygens (including phenoxy) is 1. The fourth-order valence-electron chi connectivity index (χ4n) is 4.05. The topological polar surface area (TPSA) is 56.2 Å². The quantitative estimate of drug-likeness (QED) is 0.786. The van der Waals surface area contributed by atoms with E-state index < -0.39 is 36.9 Å². The van der Waals surface area contributed by atoms with Gasteiger partial charge in [0.2, 0.25) is 5.92 Å². The van der Waals surface area contributed by atoms with Crippen molar-refractivity contribution in [3.8, 4) is 0 Å². The summed E-state index contributed by atoms with van der Waals surface area (Å²) < 4.78 is 58.9. The predicted molar refractivity (Wildman–Crippen MR) is 84.8 cm³/mol. The van der Waals surface area contributed by atoms with Gasteiger partial charge in [0.25, 0.3) is 5.92 Å². The number of anilines is 1. The standard InChI is InChI=1S/C17H21F4N3O2/c1-24-13(10-5-16(18,19)6-10)12(9-3-2-4-9)14(23-24)22-15(25)26-11-7-17(20,21)8-11/h9-11H,2-8H2,1H3,(H,22,23,25). The summed E-state index contributed by atoms with van der Waals surface area (Å²) in [5.74, 6) is -5.21. The molecule has 1 aromatic heterocycles. The monoisotopic (exact) mass is 375 g/mol. The zero-order valence-corrected chi connectivity index (χ0v) is 14.4. The minimum atomic E-state index is -2.77. The molecule has 1 heterocycles. The molecule has 1 aromatic rings. The Balaban J connectivity index is 1.49. The maximum Gasteiger partial charge on any atom is 0.413 e. The molecule has 144 valence electrons. The van der Waals surface area contributed by atoms with Crippen LogP contribution in [0.4, 0.5) is 28.2 Å². The number of amides is 1. The third-order valence-corrected chi connectivity index (χ3v) is 5.67. The molecule has 0 aromatic carbocycles. The van der Waals surface area contributed by atoms with E-state index in [9.17, 15) is 22.4 Å². The molecule has 0 unspecified atom stereocenters.